The Bertz CT molecular complexity index is 906. The number of rotatable bonds is 3. The molecule has 1 aliphatic rings. The minimum absolute atomic E-state index is 0.0801. The van der Waals surface area contributed by atoms with Crippen LogP contribution in [0.1, 0.15) is 31.4 Å². The third kappa shape index (κ3) is 3.31. The maximum absolute atomic E-state index is 12.5. The van der Waals surface area contributed by atoms with Crippen molar-refractivity contribution in [1.29, 1.82) is 0 Å². The summed E-state index contributed by atoms with van der Waals surface area (Å²) in [6.07, 6.45) is 2.30. The molecule has 0 unspecified atom stereocenters. The van der Waals surface area contributed by atoms with Gasteiger partial charge in [0.25, 0.3) is 11.8 Å². The maximum Gasteiger partial charge on any atom is 0.272 e. The summed E-state index contributed by atoms with van der Waals surface area (Å²) in [5.41, 5.74) is 2.03. The lowest BCUT2D eigenvalue weighted by Gasteiger charge is -2.25. The molecule has 1 N–H and O–H groups in total. The Morgan fingerprint density at radius 1 is 1.24 bits per heavy atom. The normalized spacial score (nSPS) is 13.4. The van der Waals surface area contributed by atoms with E-state index in [1.807, 2.05) is 5.38 Å². The van der Waals surface area contributed by atoms with Crippen molar-refractivity contribution >= 4 is 39.6 Å². The minimum Gasteiger partial charge on any atom is -0.332 e. The summed E-state index contributed by atoms with van der Waals surface area (Å²) in [7, 11) is 0. The predicted octanol–water partition coefficient (Wildman–Crippen LogP) is 3.05. The number of thiazole rings is 1. The standard InChI is InChI=1S/C17H14N4O2S2/c22-15(11-5-8-24-10-11)20-17-19-12-4-7-21(9-14(12)25-17)16(23)13-3-1-2-6-18-13/h1-3,5-6,8,10H,4,7,9H2,(H,19,20,22). The second kappa shape index (κ2) is 6.73. The highest BCUT2D eigenvalue weighted by Crippen LogP contribution is 2.29. The number of nitrogens with zero attached hydrogens (tertiary/aromatic N) is 3. The summed E-state index contributed by atoms with van der Waals surface area (Å²) >= 11 is 2.90. The van der Waals surface area contributed by atoms with Crippen LogP contribution in [-0.4, -0.2) is 33.2 Å². The number of hydrogen-bond acceptors (Lipinski definition) is 6. The lowest BCUT2D eigenvalue weighted by molar-refractivity contribution is 0.0730. The summed E-state index contributed by atoms with van der Waals surface area (Å²) in [5.74, 6) is -0.239. The van der Waals surface area contributed by atoms with Crippen LogP contribution in [0.25, 0.3) is 0 Å². The van der Waals surface area contributed by atoms with Crippen LogP contribution in [0.2, 0.25) is 0 Å². The second-order valence-electron chi connectivity index (χ2n) is 5.55. The molecule has 0 radical (unpaired) electrons. The molecule has 0 aromatic carbocycles. The van der Waals surface area contributed by atoms with E-state index < -0.39 is 0 Å². The molecule has 4 rings (SSSR count). The fourth-order valence-corrected chi connectivity index (χ4v) is 4.29. The fraction of sp³-hybridized carbons (Fsp3) is 0.176. The van der Waals surface area contributed by atoms with Gasteiger partial charge in [-0.25, -0.2) is 4.98 Å². The first-order chi connectivity index (χ1) is 12.2. The van der Waals surface area contributed by atoms with Crippen LogP contribution in [-0.2, 0) is 13.0 Å². The molecular weight excluding hydrogens is 356 g/mol. The average molecular weight is 370 g/mol. The summed E-state index contributed by atoms with van der Waals surface area (Å²) in [4.78, 5) is 36.1. The van der Waals surface area contributed by atoms with Crippen LogP contribution in [0, 0.1) is 0 Å². The maximum atomic E-state index is 12.5. The van der Waals surface area contributed by atoms with Crippen molar-refractivity contribution in [2.75, 3.05) is 11.9 Å². The highest BCUT2D eigenvalue weighted by Gasteiger charge is 2.25. The predicted molar refractivity (Wildman–Crippen MR) is 97.1 cm³/mol. The van der Waals surface area contributed by atoms with E-state index in [4.69, 9.17) is 0 Å². The van der Waals surface area contributed by atoms with E-state index in [2.05, 4.69) is 15.3 Å². The second-order valence-corrected chi connectivity index (χ2v) is 7.41. The van der Waals surface area contributed by atoms with Gasteiger partial charge in [-0.3, -0.25) is 19.9 Å². The average Bonchev–Trinajstić information content (AvgIpc) is 3.30. The van der Waals surface area contributed by atoms with Gasteiger partial charge >= 0.3 is 0 Å². The molecule has 6 nitrogen and oxygen atoms in total. The Morgan fingerprint density at radius 3 is 2.92 bits per heavy atom. The monoisotopic (exact) mass is 370 g/mol. The number of anilines is 1. The summed E-state index contributed by atoms with van der Waals surface area (Å²) in [5, 5.41) is 7.08. The first kappa shape index (κ1) is 15.9. The van der Waals surface area contributed by atoms with Crippen molar-refractivity contribution in [3.8, 4) is 0 Å². The van der Waals surface area contributed by atoms with Gasteiger partial charge < -0.3 is 4.90 Å². The molecular formula is C17H14N4O2S2. The number of hydrogen-bond donors (Lipinski definition) is 1. The van der Waals surface area contributed by atoms with Crippen LogP contribution in [0.3, 0.4) is 0 Å². The SMILES string of the molecule is O=C(Nc1nc2c(s1)CN(C(=O)c1ccccn1)CC2)c1ccsc1. The third-order valence-corrected chi connectivity index (χ3v) is 5.59. The third-order valence-electron chi connectivity index (χ3n) is 3.91. The Kier molecular flexibility index (Phi) is 4.29. The van der Waals surface area contributed by atoms with Gasteiger partial charge in [-0.15, -0.1) is 0 Å². The van der Waals surface area contributed by atoms with E-state index in [0.717, 1.165) is 10.6 Å². The molecule has 1 aliphatic heterocycles. The number of fused-ring (bicyclic) bond motifs is 1. The van der Waals surface area contributed by atoms with Gasteiger partial charge in [0.1, 0.15) is 5.69 Å². The van der Waals surface area contributed by atoms with Crippen molar-refractivity contribution in [1.82, 2.24) is 14.9 Å². The molecule has 126 valence electrons. The number of nitrogens with one attached hydrogen (secondary N) is 1. The number of pyridine rings is 1. The molecule has 0 saturated carbocycles. The molecule has 4 heterocycles. The number of amides is 2. The van der Waals surface area contributed by atoms with E-state index in [1.165, 1.54) is 22.7 Å². The van der Waals surface area contributed by atoms with Crippen LogP contribution >= 0.6 is 22.7 Å². The summed E-state index contributed by atoms with van der Waals surface area (Å²) < 4.78 is 0. The minimum atomic E-state index is -0.159. The molecule has 0 aliphatic carbocycles. The Morgan fingerprint density at radius 2 is 2.16 bits per heavy atom. The van der Waals surface area contributed by atoms with Gasteiger partial charge in [0.05, 0.1) is 17.8 Å². The molecule has 3 aromatic rings. The number of carbonyl (C=O) groups excluding carboxylic acids is 2. The number of aromatic nitrogens is 2. The lowest BCUT2D eigenvalue weighted by Crippen LogP contribution is -2.35. The van der Waals surface area contributed by atoms with Crippen LogP contribution in [0.4, 0.5) is 5.13 Å². The molecule has 2 amide bonds. The van der Waals surface area contributed by atoms with E-state index >= 15 is 0 Å². The molecule has 0 fully saturated rings. The van der Waals surface area contributed by atoms with E-state index in [9.17, 15) is 9.59 Å². The number of carbonyl (C=O) groups is 2. The van der Waals surface area contributed by atoms with Gasteiger partial charge in [-0.05, 0) is 23.6 Å². The zero-order valence-corrected chi connectivity index (χ0v) is 14.8. The molecule has 3 aromatic heterocycles. The van der Waals surface area contributed by atoms with Gasteiger partial charge in [0.2, 0.25) is 0 Å². The van der Waals surface area contributed by atoms with Crippen molar-refractivity contribution in [3.05, 3.63) is 63.1 Å². The topological polar surface area (TPSA) is 75.2 Å². The van der Waals surface area contributed by atoms with Crippen molar-refractivity contribution in [3.63, 3.8) is 0 Å². The lowest BCUT2D eigenvalue weighted by atomic mass is 10.1. The zero-order valence-electron chi connectivity index (χ0n) is 13.1. The first-order valence-corrected chi connectivity index (χ1v) is 9.49. The largest absolute Gasteiger partial charge is 0.332 e. The van der Waals surface area contributed by atoms with E-state index in [0.29, 0.717) is 35.9 Å². The van der Waals surface area contributed by atoms with E-state index in [-0.39, 0.29) is 11.8 Å². The van der Waals surface area contributed by atoms with Gasteiger partial charge in [0, 0.05) is 29.4 Å². The van der Waals surface area contributed by atoms with Crippen molar-refractivity contribution in [2.45, 2.75) is 13.0 Å². The summed E-state index contributed by atoms with van der Waals surface area (Å²) in [6, 6.07) is 7.09. The van der Waals surface area contributed by atoms with Crippen LogP contribution in [0.15, 0.2) is 41.2 Å². The highest BCUT2D eigenvalue weighted by atomic mass is 32.1. The smallest absolute Gasteiger partial charge is 0.272 e. The molecule has 0 spiro atoms. The molecule has 0 bridgehead atoms. The van der Waals surface area contributed by atoms with E-state index in [1.54, 1.807) is 40.7 Å². The Balaban J connectivity index is 1.48. The van der Waals surface area contributed by atoms with Gasteiger partial charge in [0.15, 0.2) is 5.13 Å². The highest BCUT2D eigenvalue weighted by molar-refractivity contribution is 7.16. The van der Waals surface area contributed by atoms with Crippen molar-refractivity contribution < 1.29 is 9.59 Å². The van der Waals surface area contributed by atoms with Gasteiger partial charge in [-0.2, -0.15) is 11.3 Å². The summed E-state index contributed by atoms with van der Waals surface area (Å²) in [6.45, 7) is 1.10. The van der Waals surface area contributed by atoms with Crippen LogP contribution in [0.5, 0.6) is 0 Å². The van der Waals surface area contributed by atoms with Crippen molar-refractivity contribution in [2.24, 2.45) is 0 Å². The Hall–Kier alpha value is -2.58. The van der Waals surface area contributed by atoms with Gasteiger partial charge in [-0.1, -0.05) is 17.4 Å². The molecule has 25 heavy (non-hydrogen) atoms. The number of thiophene rings is 1. The Labute approximate surface area is 152 Å². The zero-order chi connectivity index (χ0) is 17.2. The molecule has 0 atom stereocenters. The molecule has 8 heteroatoms. The first-order valence-electron chi connectivity index (χ1n) is 7.73. The quantitative estimate of drug-likeness (QED) is 0.769. The molecule has 0 saturated heterocycles. The fourth-order valence-electron chi connectivity index (χ4n) is 2.64. The van der Waals surface area contributed by atoms with Crippen LogP contribution < -0.4 is 5.32 Å².